The van der Waals surface area contributed by atoms with Gasteiger partial charge in [-0.2, -0.15) is 5.10 Å². The third kappa shape index (κ3) is 2.12. The van der Waals surface area contributed by atoms with Gasteiger partial charge in [0.1, 0.15) is 0 Å². The van der Waals surface area contributed by atoms with Crippen molar-refractivity contribution in [3.63, 3.8) is 0 Å². The first-order chi connectivity index (χ1) is 8.54. The largest absolute Gasteiger partial charge is 0.293 e. The molecule has 1 aliphatic carbocycles. The van der Waals surface area contributed by atoms with Gasteiger partial charge in [-0.05, 0) is 19.3 Å². The maximum atomic E-state index is 12.3. The Morgan fingerprint density at radius 1 is 1.50 bits per heavy atom. The van der Waals surface area contributed by atoms with Gasteiger partial charge >= 0.3 is 0 Å². The quantitative estimate of drug-likeness (QED) is 0.456. The predicted molar refractivity (Wildman–Crippen MR) is 64.3 cm³/mol. The Hall–Kier alpha value is -1.78. The lowest BCUT2D eigenvalue weighted by molar-refractivity contribution is -0.139. The molecule has 1 atom stereocenters. The van der Waals surface area contributed by atoms with Gasteiger partial charge in [0.15, 0.2) is 11.6 Å². The molecule has 5 heteroatoms. The zero-order valence-electron chi connectivity index (χ0n) is 10.6. The first-order valence-electron chi connectivity index (χ1n) is 6.18. The number of hydrogen-bond donors (Lipinski definition) is 0. The second-order valence-corrected chi connectivity index (χ2v) is 4.61. The Kier molecular flexibility index (Phi) is 3.41. The molecule has 96 valence electrons. The van der Waals surface area contributed by atoms with E-state index in [-0.39, 0.29) is 12.2 Å². The highest BCUT2D eigenvalue weighted by Crippen LogP contribution is 2.23. The van der Waals surface area contributed by atoms with Crippen molar-refractivity contribution >= 4 is 17.3 Å². The Labute approximate surface area is 105 Å². The molecular weight excluding hydrogens is 232 g/mol. The molecule has 1 unspecified atom stereocenters. The maximum absolute atomic E-state index is 12.3. The highest BCUT2D eigenvalue weighted by Gasteiger charge is 2.36. The van der Waals surface area contributed by atoms with E-state index in [2.05, 4.69) is 5.10 Å². The van der Waals surface area contributed by atoms with E-state index in [0.717, 1.165) is 0 Å². The fourth-order valence-electron chi connectivity index (χ4n) is 2.35. The van der Waals surface area contributed by atoms with Gasteiger partial charge in [-0.15, -0.1) is 0 Å². The number of carbonyl (C=O) groups is 3. The van der Waals surface area contributed by atoms with Crippen LogP contribution in [0.15, 0.2) is 6.20 Å². The minimum atomic E-state index is -0.791. The van der Waals surface area contributed by atoms with Crippen LogP contribution in [-0.4, -0.2) is 27.1 Å². The third-order valence-electron chi connectivity index (χ3n) is 3.31. The first kappa shape index (κ1) is 12.7. The van der Waals surface area contributed by atoms with Crippen LogP contribution in [0.25, 0.3) is 0 Å². The molecule has 2 rings (SSSR count). The number of nitrogens with zero attached hydrogens (tertiary/aromatic N) is 2. The highest BCUT2D eigenvalue weighted by atomic mass is 16.2. The topological polar surface area (TPSA) is 69.0 Å². The second-order valence-electron chi connectivity index (χ2n) is 4.61. The third-order valence-corrected chi connectivity index (χ3v) is 3.31. The number of aromatic nitrogens is 2. The molecular formula is C13H16N2O3. The van der Waals surface area contributed by atoms with E-state index in [0.29, 0.717) is 30.5 Å². The van der Waals surface area contributed by atoms with Crippen molar-refractivity contribution in [1.82, 2.24) is 9.78 Å². The summed E-state index contributed by atoms with van der Waals surface area (Å²) in [5.74, 6) is -1.99. The summed E-state index contributed by atoms with van der Waals surface area (Å²) in [6.45, 7) is 1.91. The normalized spacial score (nSPS) is 20.2. The van der Waals surface area contributed by atoms with Gasteiger partial charge in [0.25, 0.3) is 0 Å². The zero-order chi connectivity index (χ0) is 13.3. The summed E-state index contributed by atoms with van der Waals surface area (Å²) >= 11 is 0. The number of ketones is 3. The van der Waals surface area contributed by atoms with E-state index in [4.69, 9.17) is 0 Å². The van der Waals surface area contributed by atoms with Gasteiger partial charge in [-0.25, -0.2) is 0 Å². The Bertz CT molecular complexity index is 516. The van der Waals surface area contributed by atoms with Crippen LogP contribution in [0.3, 0.4) is 0 Å². The Balaban J connectivity index is 2.30. The average Bonchev–Trinajstić information content (AvgIpc) is 2.73. The summed E-state index contributed by atoms with van der Waals surface area (Å²) < 4.78 is 1.57. The van der Waals surface area contributed by atoms with E-state index in [1.165, 1.54) is 0 Å². The molecule has 0 bridgehead atoms. The molecule has 0 aliphatic heterocycles. The highest BCUT2D eigenvalue weighted by molar-refractivity contribution is 6.42. The molecule has 0 aromatic carbocycles. The van der Waals surface area contributed by atoms with Crippen molar-refractivity contribution in [3.8, 4) is 0 Å². The lowest BCUT2D eigenvalue weighted by Gasteiger charge is -2.17. The number of rotatable bonds is 3. The van der Waals surface area contributed by atoms with Crippen LogP contribution in [0, 0.1) is 5.92 Å². The molecule has 0 saturated heterocycles. The van der Waals surface area contributed by atoms with Crippen LogP contribution < -0.4 is 0 Å². The van der Waals surface area contributed by atoms with Gasteiger partial charge in [0.2, 0.25) is 5.78 Å². The van der Waals surface area contributed by atoms with Gasteiger partial charge in [0.05, 0.1) is 17.2 Å². The summed E-state index contributed by atoms with van der Waals surface area (Å²) in [6, 6.07) is 0. The SMILES string of the molecule is CCc1nn(C)cc1C(=O)C1CCCC(=O)C1=O. The van der Waals surface area contributed by atoms with Crippen LogP contribution in [-0.2, 0) is 23.1 Å². The summed E-state index contributed by atoms with van der Waals surface area (Å²) in [4.78, 5) is 35.4. The number of carbonyl (C=O) groups excluding carboxylic acids is 3. The first-order valence-corrected chi connectivity index (χ1v) is 6.18. The lowest BCUT2D eigenvalue weighted by atomic mass is 9.82. The summed E-state index contributed by atoms with van der Waals surface area (Å²) in [5, 5.41) is 4.19. The van der Waals surface area contributed by atoms with Crippen molar-refractivity contribution in [1.29, 1.82) is 0 Å². The number of hydrogen-bond acceptors (Lipinski definition) is 4. The van der Waals surface area contributed by atoms with Gasteiger partial charge < -0.3 is 0 Å². The molecule has 1 saturated carbocycles. The molecule has 1 fully saturated rings. The van der Waals surface area contributed by atoms with Crippen molar-refractivity contribution < 1.29 is 14.4 Å². The fourth-order valence-corrected chi connectivity index (χ4v) is 2.35. The second kappa shape index (κ2) is 4.84. The molecule has 5 nitrogen and oxygen atoms in total. The molecule has 18 heavy (non-hydrogen) atoms. The maximum Gasteiger partial charge on any atom is 0.209 e. The van der Waals surface area contributed by atoms with E-state index in [9.17, 15) is 14.4 Å². The molecule has 0 spiro atoms. The molecule has 1 aromatic rings. The van der Waals surface area contributed by atoms with Gasteiger partial charge in [-0.1, -0.05) is 6.92 Å². The van der Waals surface area contributed by atoms with Crippen molar-refractivity contribution in [2.75, 3.05) is 0 Å². The minimum Gasteiger partial charge on any atom is -0.293 e. The van der Waals surface area contributed by atoms with E-state index in [1.807, 2.05) is 6.92 Å². The average molecular weight is 248 g/mol. The molecule has 0 N–H and O–H groups in total. The van der Waals surface area contributed by atoms with E-state index in [1.54, 1.807) is 17.9 Å². The minimum absolute atomic E-state index is 0.252. The zero-order valence-corrected chi connectivity index (χ0v) is 10.6. The van der Waals surface area contributed by atoms with Crippen LogP contribution in [0.4, 0.5) is 0 Å². The smallest absolute Gasteiger partial charge is 0.209 e. The predicted octanol–water partition coefficient (Wildman–Crippen LogP) is 1.10. The van der Waals surface area contributed by atoms with Crippen molar-refractivity contribution in [2.45, 2.75) is 32.6 Å². The monoisotopic (exact) mass is 248 g/mol. The van der Waals surface area contributed by atoms with Crippen LogP contribution in [0.1, 0.15) is 42.2 Å². The molecule has 1 heterocycles. The van der Waals surface area contributed by atoms with E-state index >= 15 is 0 Å². The van der Waals surface area contributed by atoms with Crippen molar-refractivity contribution in [2.24, 2.45) is 13.0 Å². The molecule has 0 radical (unpaired) electrons. The Morgan fingerprint density at radius 3 is 2.89 bits per heavy atom. The van der Waals surface area contributed by atoms with Crippen LogP contribution in [0.5, 0.6) is 0 Å². The molecule has 1 aromatic heterocycles. The van der Waals surface area contributed by atoms with Crippen LogP contribution in [0.2, 0.25) is 0 Å². The van der Waals surface area contributed by atoms with Crippen LogP contribution >= 0.6 is 0 Å². The summed E-state index contributed by atoms with van der Waals surface area (Å²) in [6.07, 6.45) is 3.63. The number of aryl methyl sites for hydroxylation is 2. The van der Waals surface area contributed by atoms with E-state index < -0.39 is 17.5 Å². The van der Waals surface area contributed by atoms with Gasteiger partial charge in [-0.3, -0.25) is 19.1 Å². The lowest BCUT2D eigenvalue weighted by Crippen LogP contribution is -2.34. The molecule has 0 amide bonds. The van der Waals surface area contributed by atoms with Crippen molar-refractivity contribution in [3.05, 3.63) is 17.5 Å². The number of Topliss-reactive ketones (excluding diaryl/α,β-unsaturated/α-hetero) is 3. The van der Waals surface area contributed by atoms with Gasteiger partial charge in [0, 0.05) is 19.7 Å². The fraction of sp³-hybridized carbons (Fsp3) is 0.538. The summed E-state index contributed by atoms with van der Waals surface area (Å²) in [7, 11) is 1.74. The Morgan fingerprint density at radius 2 is 2.22 bits per heavy atom. The molecule has 1 aliphatic rings. The standard InChI is InChI=1S/C13H16N2O3/c1-3-10-9(7-15(2)14-10)12(17)8-5-4-6-11(16)13(8)18/h7-8H,3-6H2,1-2H3. The summed E-state index contributed by atoms with van der Waals surface area (Å²) in [5.41, 5.74) is 1.17.